The number of ether oxygens (including phenoxy) is 1. The summed E-state index contributed by atoms with van der Waals surface area (Å²) in [4.78, 5) is 32.5. The number of rotatable bonds is 5. The normalized spacial score (nSPS) is 21.4. The highest BCUT2D eigenvalue weighted by atomic mass is 16.5. The van der Waals surface area contributed by atoms with Crippen molar-refractivity contribution < 1.29 is 29.3 Å². The van der Waals surface area contributed by atoms with Crippen molar-refractivity contribution >= 4 is 17.8 Å². The SMILES string of the molecule is O=C(O)CC(NC(=O)C1CCOC1)C(=O)O. The summed E-state index contributed by atoms with van der Waals surface area (Å²) in [6.45, 7) is 0.722. The third kappa shape index (κ3) is 3.50. The topological polar surface area (TPSA) is 113 Å². The number of carboxylic acids is 2. The maximum Gasteiger partial charge on any atom is 0.326 e. The lowest BCUT2D eigenvalue weighted by Gasteiger charge is -2.14. The summed E-state index contributed by atoms with van der Waals surface area (Å²) in [5.74, 6) is -3.47. The molecular formula is C9H13NO6. The van der Waals surface area contributed by atoms with Crippen molar-refractivity contribution in [1.29, 1.82) is 0 Å². The van der Waals surface area contributed by atoms with Crippen LogP contribution in [0.1, 0.15) is 12.8 Å². The van der Waals surface area contributed by atoms with E-state index in [2.05, 4.69) is 5.32 Å². The summed E-state index contributed by atoms with van der Waals surface area (Å²) in [6, 6.07) is -1.38. The fourth-order valence-corrected chi connectivity index (χ4v) is 1.41. The van der Waals surface area contributed by atoms with Gasteiger partial charge in [-0.2, -0.15) is 0 Å². The highest BCUT2D eigenvalue weighted by molar-refractivity contribution is 5.87. The van der Waals surface area contributed by atoms with Crippen LogP contribution >= 0.6 is 0 Å². The summed E-state index contributed by atoms with van der Waals surface area (Å²) < 4.78 is 4.98. The molecule has 7 heteroatoms. The van der Waals surface area contributed by atoms with E-state index in [-0.39, 0.29) is 12.5 Å². The summed E-state index contributed by atoms with van der Waals surface area (Å²) in [6.07, 6.45) is -0.0973. The van der Waals surface area contributed by atoms with E-state index in [4.69, 9.17) is 14.9 Å². The molecule has 1 fully saturated rings. The van der Waals surface area contributed by atoms with Crippen molar-refractivity contribution in [2.24, 2.45) is 5.92 Å². The monoisotopic (exact) mass is 231 g/mol. The minimum Gasteiger partial charge on any atom is -0.481 e. The average molecular weight is 231 g/mol. The van der Waals surface area contributed by atoms with E-state index in [0.29, 0.717) is 13.0 Å². The van der Waals surface area contributed by atoms with Gasteiger partial charge in [-0.3, -0.25) is 9.59 Å². The molecule has 0 radical (unpaired) electrons. The van der Waals surface area contributed by atoms with Crippen molar-refractivity contribution in [3.8, 4) is 0 Å². The van der Waals surface area contributed by atoms with Gasteiger partial charge in [-0.25, -0.2) is 4.79 Å². The molecule has 0 aromatic rings. The van der Waals surface area contributed by atoms with Crippen LogP contribution in [0.4, 0.5) is 0 Å². The zero-order chi connectivity index (χ0) is 12.1. The molecule has 16 heavy (non-hydrogen) atoms. The molecule has 1 heterocycles. The van der Waals surface area contributed by atoms with Crippen LogP contribution in [-0.4, -0.2) is 47.3 Å². The van der Waals surface area contributed by atoms with E-state index in [1.165, 1.54) is 0 Å². The lowest BCUT2D eigenvalue weighted by molar-refractivity contribution is -0.147. The summed E-state index contributed by atoms with van der Waals surface area (Å²) in [5, 5.41) is 19.4. The van der Waals surface area contributed by atoms with Gasteiger partial charge in [0.1, 0.15) is 6.04 Å². The quantitative estimate of drug-likeness (QED) is 0.563. The van der Waals surface area contributed by atoms with Gasteiger partial charge >= 0.3 is 11.9 Å². The molecule has 1 rings (SSSR count). The first-order valence-electron chi connectivity index (χ1n) is 4.83. The number of hydrogen-bond acceptors (Lipinski definition) is 4. The predicted octanol–water partition coefficient (Wildman–Crippen LogP) is -0.933. The smallest absolute Gasteiger partial charge is 0.326 e. The fourth-order valence-electron chi connectivity index (χ4n) is 1.41. The van der Waals surface area contributed by atoms with Crippen LogP contribution in [0.5, 0.6) is 0 Å². The number of amides is 1. The molecule has 7 nitrogen and oxygen atoms in total. The number of carbonyl (C=O) groups excluding carboxylic acids is 1. The third-order valence-corrected chi connectivity index (χ3v) is 2.29. The fraction of sp³-hybridized carbons (Fsp3) is 0.667. The van der Waals surface area contributed by atoms with E-state index in [1.54, 1.807) is 0 Å². The number of carboxylic acid groups (broad SMARTS) is 2. The van der Waals surface area contributed by atoms with Gasteiger partial charge in [0.15, 0.2) is 0 Å². The molecule has 0 aromatic carbocycles. The maximum atomic E-state index is 11.5. The summed E-state index contributed by atoms with van der Waals surface area (Å²) in [7, 11) is 0. The lowest BCUT2D eigenvalue weighted by atomic mass is 10.1. The number of nitrogens with one attached hydrogen (secondary N) is 1. The Morgan fingerprint density at radius 1 is 1.38 bits per heavy atom. The molecule has 3 N–H and O–H groups in total. The van der Waals surface area contributed by atoms with Crippen LogP contribution in [0.2, 0.25) is 0 Å². The first-order valence-corrected chi connectivity index (χ1v) is 4.83. The van der Waals surface area contributed by atoms with Gasteiger partial charge in [0, 0.05) is 6.61 Å². The Labute approximate surface area is 91.4 Å². The van der Waals surface area contributed by atoms with Crippen molar-refractivity contribution in [2.45, 2.75) is 18.9 Å². The maximum absolute atomic E-state index is 11.5. The number of aliphatic carboxylic acids is 2. The molecular weight excluding hydrogens is 218 g/mol. The Morgan fingerprint density at radius 2 is 2.06 bits per heavy atom. The molecule has 1 aliphatic rings. The minimum atomic E-state index is -1.38. The standard InChI is InChI=1S/C9H13NO6/c11-7(12)3-6(9(14)15)10-8(13)5-1-2-16-4-5/h5-6H,1-4H2,(H,10,13)(H,11,12)(H,14,15). The molecule has 1 amide bonds. The zero-order valence-electron chi connectivity index (χ0n) is 8.51. The lowest BCUT2D eigenvalue weighted by Crippen LogP contribution is -2.44. The molecule has 90 valence electrons. The summed E-state index contributed by atoms with van der Waals surface area (Å²) in [5.41, 5.74) is 0. The number of hydrogen-bond donors (Lipinski definition) is 3. The van der Waals surface area contributed by atoms with E-state index in [0.717, 1.165) is 0 Å². The Kier molecular flexibility index (Phi) is 4.24. The second kappa shape index (κ2) is 5.45. The van der Waals surface area contributed by atoms with Gasteiger partial charge in [0.25, 0.3) is 0 Å². The highest BCUT2D eigenvalue weighted by Gasteiger charge is 2.29. The van der Waals surface area contributed by atoms with Crippen LogP contribution in [0.25, 0.3) is 0 Å². The highest BCUT2D eigenvalue weighted by Crippen LogP contribution is 2.12. The van der Waals surface area contributed by atoms with Crippen LogP contribution in [0, 0.1) is 5.92 Å². The van der Waals surface area contributed by atoms with E-state index < -0.39 is 30.3 Å². The van der Waals surface area contributed by atoms with Crippen molar-refractivity contribution in [1.82, 2.24) is 5.32 Å². The van der Waals surface area contributed by atoms with E-state index >= 15 is 0 Å². The Balaban J connectivity index is 2.50. The first kappa shape index (κ1) is 12.4. The second-order valence-electron chi connectivity index (χ2n) is 3.56. The molecule has 0 aromatic heterocycles. The average Bonchev–Trinajstić information content (AvgIpc) is 2.68. The number of carbonyl (C=O) groups is 3. The van der Waals surface area contributed by atoms with Gasteiger partial charge in [0.2, 0.25) is 5.91 Å². The van der Waals surface area contributed by atoms with E-state index in [1.807, 2.05) is 0 Å². The second-order valence-corrected chi connectivity index (χ2v) is 3.56. The molecule has 0 spiro atoms. The van der Waals surface area contributed by atoms with Crippen molar-refractivity contribution in [3.05, 3.63) is 0 Å². The molecule has 2 atom stereocenters. The molecule has 0 saturated carbocycles. The minimum absolute atomic E-state index is 0.255. The first-order chi connectivity index (χ1) is 7.50. The van der Waals surface area contributed by atoms with Crippen LogP contribution in [-0.2, 0) is 19.1 Å². The summed E-state index contributed by atoms with van der Waals surface area (Å²) >= 11 is 0. The van der Waals surface area contributed by atoms with Gasteiger partial charge in [-0.15, -0.1) is 0 Å². The molecule has 0 bridgehead atoms. The van der Waals surface area contributed by atoms with Crippen molar-refractivity contribution in [2.75, 3.05) is 13.2 Å². The Hall–Kier alpha value is -1.63. The zero-order valence-corrected chi connectivity index (χ0v) is 8.51. The van der Waals surface area contributed by atoms with Crippen molar-refractivity contribution in [3.63, 3.8) is 0 Å². The van der Waals surface area contributed by atoms with Crippen LogP contribution < -0.4 is 5.32 Å². The predicted molar refractivity (Wildman–Crippen MR) is 50.7 cm³/mol. The molecule has 1 aliphatic heterocycles. The molecule has 0 aliphatic carbocycles. The van der Waals surface area contributed by atoms with Gasteiger partial charge in [-0.05, 0) is 6.42 Å². The van der Waals surface area contributed by atoms with Gasteiger partial charge in [-0.1, -0.05) is 0 Å². The Bertz CT molecular complexity index is 296. The van der Waals surface area contributed by atoms with Gasteiger partial charge < -0.3 is 20.3 Å². The third-order valence-electron chi connectivity index (χ3n) is 2.29. The van der Waals surface area contributed by atoms with Crippen LogP contribution in [0.3, 0.4) is 0 Å². The largest absolute Gasteiger partial charge is 0.481 e. The Morgan fingerprint density at radius 3 is 2.50 bits per heavy atom. The molecule has 1 saturated heterocycles. The van der Waals surface area contributed by atoms with E-state index in [9.17, 15) is 14.4 Å². The van der Waals surface area contributed by atoms with Crippen LogP contribution in [0.15, 0.2) is 0 Å². The molecule has 2 unspecified atom stereocenters. The van der Waals surface area contributed by atoms with Gasteiger partial charge in [0.05, 0.1) is 18.9 Å².